The van der Waals surface area contributed by atoms with Gasteiger partial charge in [0, 0.05) is 18.9 Å². The van der Waals surface area contributed by atoms with Crippen molar-refractivity contribution in [1.29, 1.82) is 0 Å². The summed E-state index contributed by atoms with van der Waals surface area (Å²) in [5.74, 6) is 1.15. The van der Waals surface area contributed by atoms with Crippen molar-refractivity contribution in [3.05, 3.63) is 53.6 Å². The van der Waals surface area contributed by atoms with Crippen LogP contribution in [0.2, 0.25) is 0 Å². The van der Waals surface area contributed by atoms with E-state index in [1.165, 1.54) is 11.1 Å². The molecule has 0 bridgehead atoms. The molecule has 0 aliphatic rings. The van der Waals surface area contributed by atoms with E-state index in [4.69, 9.17) is 0 Å². The van der Waals surface area contributed by atoms with Crippen molar-refractivity contribution in [2.45, 2.75) is 46.2 Å². The fraction of sp³-hybridized carbons (Fsp3) is 0.471. The molecule has 3 heteroatoms. The molecule has 2 aromatic rings. The first-order chi connectivity index (χ1) is 9.74. The lowest BCUT2D eigenvalue weighted by Crippen LogP contribution is -2.26. The van der Waals surface area contributed by atoms with Crippen molar-refractivity contribution in [2.75, 3.05) is 6.54 Å². The van der Waals surface area contributed by atoms with E-state index in [9.17, 15) is 0 Å². The topological polar surface area (TPSA) is 29.9 Å². The van der Waals surface area contributed by atoms with E-state index >= 15 is 0 Å². The van der Waals surface area contributed by atoms with Crippen molar-refractivity contribution in [3.63, 3.8) is 0 Å². The molecule has 0 aliphatic carbocycles. The van der Waals surface area contributed by atoms with Crippen molar-refractivity contribution >= 4 is 0 Å². The highest BCUT2D eigenvalue weighted by atomic mass is 15.1. The molecule has 0 amide bonds. The third-order valence-electron chi connectivity index (χ3n) is 3.53. The van der Waals surface area contributed by atoms with Crippen molar-refractivity contribution in [3.8, 4) is 0 Å². The summed E-state index contributed by atoms with van der Waals surface area (Å²) in [6, 6.07) is 9.07. The minimum Gasteiger partial charge on any atom is -0.334 e. The Kier molecular flexibility index (Phi) is 5.36. The number of hydrogen-bond donors (Lipinski definition) is 1. The van der Waals surface area contributed by atoms with Gasteiger partial charge in [-0.15, -0.1) is 0 Å². The number of imidazole rings is 1. The second kappa shape index (κ2) is 7.25. The van der Waals surface area contributed by atoms with Crippen molar-refractivity contribution in [2.24, 2.45) is 0 Å². The number of likely N-dealkylation sites (N-methyl/N-ethyl adjacent to an activating group) is 1. The Morgan fingerprint density at radius 2 is 1.95 bits per heavy atom. The zero-order valence-corrected chi connectivity index (χ0v) is 12.8. The molecule has 20 heavy (non-hydrogen) atoms. The summed E-state index contributed by atoms with van der Waals surface area (Å²) in [5.41, 5.74) is 2.66. The molecule has 0 radical (unpaired) electrons. The fourth-order valence-electron chi connectivity index (χ4n) is 2.52. The van der Waals surface area contributed by atoms with Crippen molar-refractivity contribution < 1.29 is 0 Å². The Morgan fingerprint density at radius 1 is 1.20 bits per heavy atom. The van der Waals surface area contributed by atoms with Crippen LogP contribution < -0.4 is 5.32 Å². The van der Waals surface area contributed by atoms with Crippen LogP contribution in [0.3, 0.4) is 0 Å². The third-order valence-corrected chi connectivity index (χ3v) is 3.53. The van der Waals surface area contributed by atoms with Crippen LogP contribution in [-0.4, -0.2) is 16.1 Å². The Morgan fingerprint density at radius 3 is 2.60 bits per heavy atom. The smallest absolute Gasteiger partial charge is 0.126 e. The van der Waals surface area contributed by atoms with Crippen LogP contribution >= 0.6 is 0 Å². The molecular formula is C17H25N3. The summed E-state index contributed by atoms with van der Waals surface area (Å²) >= 11 is 0. The average molecular weight is 271 g/mol. The van der Waals surface area contributed by atoms with E-state index in [-0.39, 0.29) is 6.04 Å². The van der Waals surface area contributed by atoms with Crippen molar-refractivity contribution in [1.82, 2.24) is 14.9 Å². The number of rotatable bonds is 7. The quantitative estimate of drug-likeness (QED) is 0.835. The number of aryl methyl sites for hydroxylation is 2. The van der Waals surface area contributed by atoms with Gasteiger partial charge in [-0.3, -0.25) is 0 Å². The Balaban J connectivity index is 2.17. The Bertz CT molecular complexity index is 513. The second-order valence-electron chi connectivity index (χ2n) is 5.28. The van der Waals surface area contributed by atoms with Gasteiger partial charge in [0.05, 0.1) is 6.04 Å². The molecule has 0 saturated carbocycles. The third kappa shape index (κ3) is 3.70. The van der Waals surface area contributed by atoms with Gasteiger partial charge >= 0.3 is 0 Å². The SMILES string of the molecule is CCCn1ccnc1C(Cc1ccc(C)cc1)NCC. The first-order valence-corrected chi connectivity index (χ1v) is 7.54. The summed E-state index contributed by atoms with van der Waals surface area (Å²) in [4.78, 5) is 4.57. The van der Waals surface area contributed by atoms with Gasteiger partial charge in [0.25, 0.3) is 0 Å². The maximum atomic E-state index is 4.57. The zero-order valence-electron chi connectivity index (χ0n) is 12.8. The standard InChI is InChI=1S/C17H25N3/c1-4-11-20-12-10-19-17(20)16(18-5-2)13-15-8-6-14(3)7-9-15/h6-10,12,16,18H,4-5,11,13H2,1-3H3. The van der Waals surface area contributed by atoms with Gasteiger partial charge in [-0.1, -0.05) is 43.7 Å². The molecule has 0 fully saturated rings. The highest BCUT2D eigenvalue weighted by molar-refractivity contribution is 5.23. The lowest BCUT2D eigenvalue weighted by molar-refractivity contribution is 0.488. The Hall–Kier alpha value is -1.61. The number of nitrogens with one attached hydrogen (secondary N) is 1. The molecule has 108 valence electrons. The molecule has 1 N–H and O–H groups in total. The number of benzene rings is 1. The van der Waals surface area contributed by atoms with E-state index in [0.717, 1.165) is 31.8 Å². The lowest BCUT2D eigenvalue weighted by atomic mass is 10.0. The first-order valence-electron chi connectivity index (χ1n) is 7.54. The maximum absolute atomic E-state index is 4.57. The van der Waals surface area contributed by atoms with Crippen LogP contribution in [0, 0.1) is 6.92 Å². The maximum Gasteiger partial charge on any atom is 0.126 e. The van der Waals surface area contributed by atoms with Gasteiger partial charge in [0.2, 0.25) is 0 Å². The predicted molar refractivity (Wildman–Crippen MR) is 83.8 cm³/mol. The number of nitrogens with zero attached hydrogens (tertiary/aromatic N) is 2. The van der Waals surface area contributed by atoms with Crippen LogP contribution in [0.5, 0.6) is 0 Å². The molecular weight excluding hydrogens is 246 g/mol. The van der Waals surface area contributed by atoms with Crippen LogP contribution in [0.15, 0.2) is 36.7 Å². The van der Waals surface area contributed by atoms with Gasteiger partial charge in [0.15, 0.2) is 0 Å². The minimum atomic E-state index is 0.282. The second-order valence-corrected chi connectivity index (χ2v) is 5.28. The summed E-state index contributed by atoms with van der Waals surface area (Å²) in [7, 11) is 0. The summed E-state index contributed by atoms with van der Waals surface area (Å²) < 4.78 is 2.27. The van der Waals surface area contributed by atoms with E-state index in [2.05, 4.69) is 66.1 Å². The zero-order chi connectivity index (χ0) is 14.4. The molecule has 1 aromatic heterocycles. The predicted octanol–water partition coefficient (Wildman–Crippen LogP) is 3.49. The summed E-state index contributed by atoms with van der Waals surface area (Å²) in [5, 5.41) is 3.56. The summed E-state index contributed by atoms with van der Waals surface area (Å²) in [6.07, 6.45) is 6.10. The highest BCUT2D eigenvalue weighted by Crippen LogP contribution is 2.18. The van der Waals surface area contributed by atoms with E-state index in [1.807, 2.05) is 6.20 Å². The molecule has 0 saturated heterocycles. The fourth-order valence-corrected chi connectivity index (χ4v) is 2.52. The Labute approximate surface area is 122 Å². The van der Waals surface area contributed by atoms with Crippen LogP contribution in [0.4, 0.5) is 0 Å². The number of aromatic nitrogens is 2. The van der Waals surface area contributed by atoms with Crippen LogP contribution in [0.25, 0.3) is 0 Å². The molecule has 2 rings (SSSR count). The van der Waals surface area contributed by atoms with Gasteiger partial charge in [0.1, 0.15) is 5.82 Å². The summed E-state index contributed by atoms with van der Waals surface area (Å²) in [6.45, 7) is 8.46. The first kappa shape index (κ1) is 14.8. The molecule has 1 heterocycles. The molecule has 1 unspecified atom stereocenters. The molecule has 1 aromatic carbocycles. The van der Waals surface area contributed by atoms with E-state index < -0.39 is 0 Å². The van der Waals surface area contributed by atoms with Crippen LogP contribution in [-0.2, 0) is 13.0 Å². The van der Waals surface area contributed by atoms with E-state index in [0.29, 0.717) is 0 Å². The molecule has 1 atom stereocenters. The minimum absolute atomic E-state index is 0.282. The van der Waals surface area contributed by atoms with Crippen LogP contribution in [0.1, 0.15) is 43.3 Å². The van der Waals surface area contributed by atoms with Gasteiger partial charge in [-0.05, 0) is 31.9 Å². The lowest BCUT2D eigenvalue weighted by Gasteiger charge is -2.19. The van der Waals surface area contributed by atoms with Gasteiger partial charge in [-0.2, -0.15) is 0 Å². The highest BCUT2D eigenvalue weighted by Gasteiger charge is 2.16. The molecule has 3 nitrogen and oxygen atoms in total. The largest absolute Gasteiger partial charge is 0.334 e. The molecule has 0 aliphatic heterocycles. The van der Waals surface area contributed by atoms with Gasteiger partial charge < -0.3 is 9.88 Å². The number of hydrogen-bond acceptors (Lipinski definition) is 2. The normalized spacial score (nSPS) is 12.6. The average Bonchev–Trinajstić information content (AvgIpc) is 2.89. The van der Waals surface area contributed by atoms with E-state index in [1.54, 1.807) is 0 Å². The monoisotopic (exact) mass is 271 g/mol. The molecule has 0 spiro atoms. The van der Waals surface area contributed by atoms with Gasteiger partial charge in [-0.25, -0.2) is 4.98 Å².